The summed E-state index contributed by atoms with van der Waals surface area (Å²) in [6.45, 7) is 6.85. The van der Waals surface area contributed by atoms with Crippen LogP contribution < -0.4 is 25.2 Å². The number of piperidine rings is 2. The molecule has 5 heterocycles. The van der Waals surface area contributed by atoms with Gasteiger partial charge in [0.15, 0.2) is 0 Å². The zero-order chi connectivity index (χ0) is 41.1. The van der Waals surface area contributed by atoms with Crippen molar-refractivity contribution in [2.24, 2.45) is 17.8 Å². The first-order valence-corrected chi connectivity index (χ1v) is 20.6. The summed E-state index contributed by atoms with van der Waals surface area (Å²) in [6.07, 6.45) is 6.34. The number of nitrogens with one attached hydrogen (secondary N) is 2. The van der Waals surface area contributed by atoms with Crippen LogP contribution in [0.15, 0.2) is 42.7 Å². The lowest BCUT2D eigenvalue weighted by atomic mass is 9.93. The number of carbonyl (C=O) groups is 5. The minimum absolute atomic E-state index is 0.00286. The number of imide groups is 2. The van der Waals surface area contributed by atoms with E-state index in [0.717, 1.165) is 68.6 Å². The molecule has 306 valence electrons. The summed E-state index contributed by atoms with van der Waals surface area (Å²) >= 11 is 6.15. The maximum atomic E-state index is 15.5. The van der Waals surface area contributed by atoms with Crippen LogP contribution in [0.4, 0.5) is 15.9 Å². The Kier molecular flexibility index (Phi) is 10.2. The van der Waals surface area contributed by atoms with Gasteiger partial charge in [0.1, 0.15) is 35.2 Å². The summed E-state index contributed by atoms with van der Waals surface area (Å²) in [5, 5.41) is 14.7. The molecule has 3 saturated heterocycles. The zero-order valence-electron chi connectivity index (χ0n) is 32.4. The molecule has 9 rings (SSSR count). The Balaban J connectivity index is 0.725. The summed E-state index contributed by atoms with van der Waals surface area (Å²) in [4.78, 5) is 80.2. The van der Waals surface area contributed by atoms with Gasteiger partial charge < -0.3 is 19.9 Å². The van der Waals surface area contributed by atoms with Gasteiger partial charge in [0.25, 0.3) is 17.7 Å². The van der Waals surface area contributed by atoms with Crippen LogP contribution in [0.5, 0.6) is 5.75 Å². The Hall–Kier alpha value is -5.66. The number of ether oxygens (including phenoxy) is 1. The molecule has 3 aromatic rings. The van der Waals surface area contributed by atoms with Gasteiger partial charge in [0.05, 0.1) is 45.9 Å². The zero-order valence-corrected chi connectivity index (χ0v) is 33.2. The maximum Gasteiger partial charge on any atom is 0.271 e. The Morgan fingerprint density at radius 1 is 0.983 bits per heavy atom. The summed E-state index contributed by atoms with van der Waals surface area (Å²) in [5.74, 6) is -0.713. The van der Waals surface area contributed by atoms with Gasteiger partial charge in [-0.25, -0.2) is 14.4 Å². The Morgan fingerprint density at radius 2 is 1.73 bits per heavy atom. The van der Waals surface area contributed by atoms with Gasteiger partial charge in [-0.2, -0.15) is 5.26 Å². The Labute approximate surface area is 344 Å². The van der Waals surface area contributed by atoms with Crippen molar-refractivity contribution in [1.82, 2.24) is 30.4 Å². The number of hydrogen-bond donors (Lipinski definition) is 2. The predicted octanol–water partition coefficient (Wildman–Crippen LogP) is 3.55. The standard InChI is InChI=1S/C42H43ClFN9O6/c1-22-18-50(10-11-52(22)37-17-46-34(16-47-37)39(55)48-24-3-6-25(7-4-24)59-26-5-2-23(15-45)32(43)12-26)19-29-30-20-51(21-31(29)30)36-14-28-27(13-33(36)44)41(57)53(42(28)58)35-8-9-38(54)49-40(35)56/h2,5,12-14,16-17,22,24-25,29-31,35H,3-4,6-11,18-21H2,1H3,(H,48,55)(H,49,54,56)/t22-,24?,25?,29?,30-,31+,35?/m0/s1. The largest absolute Gasteiger partial charge is 0.490 e. The molecule has 15 nitrogen and oxygen atoms in total. The van der Waals surface area contributed by atoms with Crippen molar-refractivity contribution in [3.8, 4) is 11.8 Å². The van der Waals surface area contributed by atoms with E-state index in [2.05, 4.69) is 37.3 Å². The number of amides is 5. The molecule has 5 fully saturated rings. The SMILES string of the molecule is C[C@H]1CN(CC2[C@H]3CN(c4cc5c(cc4F)C(=O)N(C4CCC(=O)NC4=O)C5=O)C[C@@H]23)CCN1c1cnc(C(=O)NC2CCC(Oc3ccc(C#N)c(Cl)c3)CC2)cn1. The normalized spacial score (nSPS) is 27.9. The van der Waals surface area contributed by atoms with Gasteiger partial charge in [0.2, 0.25) is 11.8 Å². The number of benzene rings is 2. The minimum atomic E-state index is -1.10. The van der Waals surface area contributed by atoms with E-state index in [1.54, 1.807) is 24.4 Å². The minimum Gasteiger partial charge on any atom is -0.490 e. The Bertz CT molecular complexity index is 2270. The van der Waals surface area contributed by atoms with Crippen molar-refractivity contribution in [1.29, 1.82) is 5.26 Å². The first-order valence-electron chi connectivity index (χ1n) is 20.2. The lowest BCUT2D eigenvalue weighted by molar-refractivity contribution is -0.136. The van der Waals surface area contributed by atoms with E-state index in [-0.39, 0.29) is 59.4 Å². The molecule has 0 spiro atoms. The third-order valence-corrected chi connectivity index (χ3v) is 13.3. The molecule has 6 aliphatic rings. The third-order valence-electron chi connectivity index (χ3n) is 12.9. The molecule has 2 aliphatic carbocycles. The number of fused-ring (bicyclic) bond motifs is 2. The van der Waals surface area contributed by atoms with Gasteiger partial charge in [-0.3, -0.25) is 39.1 Å². The van der Waals surface area contributed by atoms with Gasteiger partial charge in [-0.1, -0.05) is 11.6 Å². The van der Waals surface area contributed by atoms with E-state index in [4.69, 9.17) is 21.6 Å². The number of piperazine rings is 1. The topological polar surface area (TPSA) is 181 Å². The van der Waals surface area contributed by atoms with E-state index < -0.39 is 35.5 Å². The van der Waals surface area contributed by atoms with E-state index in [9.17, 15) is 24.0 Å². The fourth-order valence-corrected chi connectivity index (χ4v) is 9.91. The first-order chi connectivity index (χ1) is 28.4. The summed E-state index contributed by atoms with van der Waals surface area (Å²) in [5.41, 5.74) is 0.984. The van der Waals surface area contributed by atoms with Crippen LogP contribution in [0.2, 0.25) is 5.02 Å². The molecule has 59 heavy (non-hydrogen) atoms. The average molecular weight is 824 g/mol. The van der Waals surface area contributed by atoms with Crippen LogP contribution >= 0.6 is 11.6 Å². The second kappa shape index (κ2) is 15.5. The van der Waals surface area contributed by atoms with Gasteiger partial charge in [0, 0.05) is 63.8 Å². The van der Waals surface area contributed by atoms with Gasteiger partial charge in [-0.15, -0.1) is 0 Å². The molecule has 5 amide bonds. The van der Waals surface area contributed by atoms with Gasteiger partial charge in [-0.05, 0) is 81.0 Å². The molecule has 2 saturated carbocycles. The van der Waals surface area contributed by atoms with Crippen molar-refractivity contribution in [3.63, 3.8) is 0 Å². The number of anilines is 2. The fraction of sp³-hybridized carbons (Fsp3) is 0.476. The highest BCUT2D eigenvalue weighted by Gasteiger charge is 2.56. The predicted molar refractivity (Wildman–Crippen MR) is 211 cm³/mol. The van der Waals surface area contributed by atoms with E-state index in [0.29, 0.717) is 47.2 Å². The number of nitrogens with zero attached hydrogens (tertiary/aromatic N) is 7. The molecule has 2 aromatic carbocycles. The number of nitriles is 1. The molecule has 2 unspecified atom stereocenters. The fourth-order valence-electron chi connectivity index (χ4n) is 9.70. The highest BCUT2D eigenvalue weighted by atomic mass is 35.5. The lowest BCUT2D eigenvalue weighted by Crippen LogP contribution is -2.54. The number of rotatable bonds is 9. The smallest absolute Gasteiger partial charge is 0.271 e. The van der Waals surface area contributed by atoms with E-state index in [1.165, 1.54) is 12.3 Å². The maximum absolute atomic E-state index is 15.5. The summed E-state index contributed by atoms with van der Waals surface area (Å²) in [7, 11) is 0. The molecular formula is C42H43ClFN9O6. The van der Waals surface area contributed by atoms with Crippen molar-refractivity contribution < 1.29 is 33.1 Å². The van der Waals surface area contributed by atoms with Crippen LogP contribution in [0.3, 0.4) is 0 Å². The molecule has 5 atom stereocenters. The molecule has 1 aromatic heterocycles. The highest BCUT2D eigenvalue weighted by molar-refractivity contribution is 6.31. The summed E-state index contributed by atoms with van der Waals surface area (Å²) < 4.78 is 21.6. The van der Waals surface area contributed by atoms with Crippen molar-refractivity contribution >= 4 is 52.6 Å². The van der Waals surface area contributed by atoms with Gasteiger partial charge >= 0.3 is 0 Å². The monoisotopic (exact) mass is 823 g/mol. The second-order valence-electron chi connectivity index (χ2n) is 16.6. The molecular weight excluding hydrogens is 781 g/mol. The first kappa shape index (κ1) is 38.8. The van der Waals surface area contributed by atoms with Crippen LogP contribution in [0, 0.1) is 34.9 Å². The molecule has 0 bridgehead atoms. The molecule has 0 radical (unpaired) electrons. The molecule has 17 heteroatoms. The number of hydrogen-bond acceptors (Lipinski definition) is 12. The van der Waals surface area contributed by atoms with Crippen LogP contribution in [-0.4, -0.2) is 113 Å². The summed E-state index contributed by atoms with van der Waals surface area (Å²) in [6, 6.07) is 8.73. The van der Waals surface area contributed by atoms with Crippen molar-refractivity contribution in [2.45, 2.75) is 69.7 Å². The quantitative estimate of drug-likeness (QED) is 0.300. The van der Waals surface area contributed by atoms with Crippen molar-refractivity contribution in [2.75, 3.05) is 49.1 Å². The average Bonchev–Trinajstić information content (AvgIpc) is 3.52. The van der Waals surface area contributed by atoms with E-state index >= 15 is 4.39 Å². The number of aromatic nitrogens is 2. The van der Waals surface area contributed by atoms with Crippen LogP contribution in [0.1, 0.15) is 82.2 Å². The van der Waals surface area contributed by atoms with E-state index in [1.807, 2.05) is 11.0 Å². The van der Waals surface area contributed by atoms with Crippen LogP contribution in [-0.2, 0) is 9.59 Å². The Morgan fingerprint density at radius 3 is 2.39 bits per heavy atom. The van der Waals surface area contributed by atoms with Crippen LogP contribution in [0.25, 0.3) is 0 Å². The number of halogens is 2. The third kappa shape index (κ3) is 7.46. The number of carbonyl (C=O) groups excluding carboxylic acids is 5. The van der Waals surface area contributed by atoms with Crippen molar-refractivity contribution in [3.05, 3.63) is 75.9 Å². The molecule has 2 N–H and O–H groups in total. The molecule has 4 aliphatic heterocycles. The highest BCUT2D eigenvalue weighted by Crippen LogP contribution is 2.53. The second-order valence-corrected chi connectivity index (χ2v) is 17.0. The lowest BCUT2D eigenvalue weighted by Gasteiger charge is -2.40.